The summed E-state index contributed by atoms with van der Waals surface area (Å²) in [6.07, 6.45) is 6.18. The number of phenols is 1. The Hall–Kier alpha value is -1.26. The number of aromatic hydroxyl groups is 1. The van der Waals surface area contributed by atoms with E-state index in [-0.39, 0.29) is 5.75 Å². The zero-order valence-electron chi connectivity index (χ0n) is 11.9. The fraction of sp³-hybridized carbons (Fsp3) is 0.625. The Balaban J connectivity index is 1.96. The van der Waals surface area contributed by atoms with Gasteiger partial charge in [-0.3, -0.25) is 0 Å². The molecule has 20 heavy (non-hydrogen) atoms. The molecule has 4 N–H and O–H groups in total. The van der Waals surface area contributed by atoms with Gasteiger partial charge in [-0.25, -0.2) is 0 Å². The van der Waals surface area contributed by atoms with Gasteiger partial charge in [0.05, 0.1) is 12.7 Å². The van der Waals surface area contributed by atoms with E-state index in [0.29, 0.717) is 36.8 Å². The van der Waals surface area contributed by atoms with E-state index in [4.69, 9.17) is 10.5 Å². The summed E-state index contributed by atoms with van der Waals surface area (Å²) < 4.78 is 5.79. The normalized spacial score (nSPS) is 17.9. The first-order valence-corrected chi connectivity index (χ1v) is 7.54. The number of phenolic OH excluding ortho intramolecular Hbond substituents is 1. The first-order valence-electron chi connectivity index (χ1n) is 7.54. The summed E-state index contributed by atoms with van der Waals surface area (Å²) in [7, 11) is 0. The molecule has 2 rings (SSSR count). The summed E-state index contributed by atoms with van der Waals surface area (Å²) in [6.45, 7) is 1.10. The van der Waals surface area contributed by atoms with Crippen LogP contribution in [0.2, 0.25) is 0 Å². The van der Waals surface area contributed by atoms with Crippen LogP contribution in [-0.4, -0.2) is 23.4 Å². The predicted octanol–water partition coefficient (Wildman–Crippen LogP) is 2.73. The quantitative estimate of drug-likeness (QED) is 0.748. The minimum absolute atomic E-state index is 0.122. The van der Waals surface area contributed by atoms with E-state index < -0.39 is 6.10 Å². The Bertz CT molecular complexity index is 416. The number of aliphatic hydroxyl groups is 1. The lowest BCUT2D eigenvalue weighted by molar-refractivity contribution is 0.168. The molecule has 0 bridgehead atoms. The van der Waals surface area contributed by atoms with Crippen LogP contribution in [0.4, 0.5) is 0 Å². The van der Waals surface area contributed by atoms with Crippen LogP contribution in [0.15, 0.2) is 18.2 Å². The van der Waals surface area contributed by atoms with Crippen molar-refractivity contribution in [1.29, 1.82) is 0 Å². The average molecular weight is 279 g/mol. The minimum Gasteiger partial charge on any atom is -0.508 e. The van der Waals surface area contributed by atoms with Crippen LogP contribution in [0.1, 0.15) is 50.2 Å². The third-order valence-electron chi connectivity index (χ3n) is 3.95. The highest BCUT2D eigenvalue weighted by Crippen LogP contribution is 2.29. The highest BCUT2D eigenvalue weighted by atomic mass is 16.5. The molecule has 1 aliphatic carbocycles. The number of nitrogens with two attached hydrogens (primary N) is 1. The van der Waals surface area contributed by atoms with Crippen molar-refractivity contribution >= 4 is 0 Å². The van der Waals surface area contributed by atoms with E-state index in [2.05, 4.69) is 0 Å². The molecular formula is C16H25NO3. The molecule has 0 radical (unpaired) electrons. The van der Waals surface area contributed by atoms with Crippen molar-refractivity contribution < 1.29 is 14.9 Å². The second-order valence-corrected chi connectivity index (χ2v) is 5.67. The maximum Gasteiger partial charge on any atom is 0.123 e. The molecular weight excluding hydrogens is 254 g/mol. The number of hydrogen-bond acceptors (Lipinski definition) is 4. The summed E-state index contributed by atoms with van der Waals surface area (Å²) in [5.74, 6) is 1.36. The van der Waals surface area contributed by atoms with Crippen LogP contribution >= 0.6 is 0 Å². The lowest BCUT2D eigenvalue weighted by Crippen LogP contribution is -2.15. The molecule has 0 heterocycles. The SMILES string of the molecule is NCC[C@@H](O)c1cc(O)cc(OCC2CCCCC2)c1. The van der Waals surface area contributed by atoms with E-state index in [0.717, 1.165) is 0 Å². The maximum absolute atomic E-state index is 9.94. The van der Waals surface area contributed by atoms with Crippen molar-refractivity contribution in [3.05, 3.63) is 23.8 Å². The van der Waals surface area contributed by atoms with Crippen molar-refractivity contribution in [1.82, 2.24) is 0 Å². The predicted molar refractivity (Wildman–Crippen MR) is 78.8 cm³/mol. The van der Waals surface area contributed by atoms with Crippen LogP contribution in [-0.2, 0) is 0 Å². The average Bonchev–Trinajstić information content (AvgIpc) is 2.46. The Labute approximate surface area is 120 Å². The molecule has 1 aromatic rings. The third-order valence-corrected chi connectivity index (χ3v) is 3.95. The molecule has 0 amide bonds. The molecule has 112 valence electrons. The molecule has 1 aromatic carbocycles. The van der Waals surface area contributed by atoms with Gasteiger partial charge in [-0.2, -0.15) is 0 Å². The zero-order valence-corrected chi connectivity index (χ0v) is 11.9. The molecule has 0 aromatic heterocycles. The van der Waals surface area contributed by atoms with Gasteiger partial charge >= 0.3 is 0 Å². The van der Waals surface area contributed by atoms with Gasteiger partial charge in [-0.1, -0.05) is 19.3 Å². The van der Waals surface area contributed by atoms with Crippen LogP contribution in [0, 0.1) is 5.92 Å². The van der Waals surface area contributed by atoms with Gasteiger partial charge in [-0.05, 0) is 49.4 Å². The second-order valence-electron chi connectivity index (χ2n) is 5.67. The van der Waals surface area contributed by atoms with Crippen LogP contribution in [0.25, 0.3) is 0 Å². The fourth-order valence-corrected chi connectivity index (χ4v) is 2.77. The molecule has 1 saturated carbocycles. The Morgan fingerprint density at radius 2 is 1.95 bits per heavy atom. The largest absolute Gasteiger partial charge is 0.508 e. The van der Waals surface area contributed by atoms with E-state index in [1.54, 1.807) is 18.2 Å². The number of ether oxygens (including phenoxy) is 1. The molecule has 0 aliphatic heterocycles. The number of hydrogen-bond donors (Lipinski definition) is 3. The first-order chi connectivity index (χ1) is 9.69. The Morgan fingerprint density at radius 3 is 2.65 bits per heavy atom. The van der Waals surface area contributed by atoms with Crippen molar-refractivity contribution in [2.24, 2.45) is 11.7 Å². The molecule has 0 unspecified atom stereocenters. The number of aliphatic hydroxyl groups excluding tert-OH is 1. The highest BCUT2D eigenvalue weighted by molar-refractivity contribution is 5.38. The van der Waals surface area contributed by atoms with Crippen molar-refractivity contribution in [2.45, 2.75) is 44.6 Å². The van der Waals surface area contributed by atoms with Crippen LogP contribution in [0.5, 0.6) is 11.5 Å². The van der Waals surface area contributed by atoms with Gasteiger partial charge in [0, 0.05) is 6.07 Å². The molecule has 1 atom stereocenters. The maximum atomic E-state index is 9.94. The standard InChI is InChI=1S/C16H25NO3/c17-7-6-16(19)13-8-14(18)10-15(9-13)20-11-12-4-2-1-3-5-12/h8-10,12,16,18-19H,1-7,11,17H2/t16-/m1/s1. The van der Waals surface area contributed by atoms with Crippen LogP contribution < -0.4 is 10.5 Å². The van der Waals surface area contributed by atoms with E-state index >= 15 is 0 Å². The summed E-state index contributed by atoms with van der Waals surface area (Å²) in [6, 6.07) is 4.96. The fourth-order valence-electron chi connectivity index (χ4n) is 2.77. The molecule has 1 aliphatic rings. The smallest absolute Gasteiger partial charge is 0.123 e. The summed E-state index contributed by atoms with van der Waals surface area (Å²) >= 11 is 0. The van der Waals surface area contributed by atoms with Gasteiger partial charge < -0.3 is 20.7 Å². The topological polar surface area (TPSA) is 75.7 Å². The molecule has 0 saturated heterocycles. The van der Waals surface area contributed by atoms with E-state index in [1.165, 1.54) is 32.1 Å². The molecule has 1 fully saturated rings. The first kappa shape index (κ1) is 15.1. The summed E-state index contributed by atoms with van der Waals surface area (Å²) in [4.78, 5) is 0. The van der Waals surface area contributed by atoms with E-state index in [1.807, 2.05) is 0 Å². The van der Waals surface area contributed by atoms with Crippen LogP contribution in [0.3, 0.4) is 0 Å². The monoisotopic (exact) mass is 279 g/mol. The van der Waals surface area contributed by atoms with Gasteiger partial charge in [0.1, 0.15) is 11.5 Å². The van der Waals surface area contributed by atoms with E-state index in [9.17, 15) is 10.2 Å². The number of benzene rings is 1. The van der Waals surface area contributed by atoms with Gasteiger partial charge in [0.15, 0.2) is 0 Å². The lowest BCUT2D eigenvalue weighted by Gasteiger charge is -2.22. The Kier molecular flexibility index (Phi) is 5.68. The van der Waals surface area contributed by atoms with Crippen molar-refractivity contribution in [3.8, 4) is 11.5 Å². The molecule has 4 heteroatoms. The minimum atomic E-state index is -0.649. The van der Waals surface area contributed by atoms with Gasteiger partial charge in [-0.15, -0.1) is 0 Å². The second kappa shape index (κ2) is 7.50. The molecule has 0 spiro atoms. The van der Waals surface area contributed by atoms with Gasteiger partial charge in [0.2, 0.25) is 0 Å². The third kappa shape index (κ3) is 4.39. The lowest BCUT2D eigenvalue weighted by atomic mass is 9.90. The summed E-state index contributed by atoms with van der Waals surface area (Å²) in [5, 5.41) is 19.7. The zero-order chi connectivity index (χ0) is 14.4. The number of rotatable bonds is 6. The van der Waals surface area contributed by atoms with Crippen molar-refractivity contribution in [3.63, 3.8) is 0 Å². The Morgan fingerprint density at radius 1 is 1.20 bits per heavy atom. The van der Waals surface area contributed by atoms with Gasteiger partial charge in [0.25, 0.3) is 0 Å². The van der Waals surface area contributed by atoms with Crippen molar-refractivity contribution in [2.75, 3.05) is 13.2 Å². The summed E-state index contributed by atoms with van der Waals surface area (Å²) in [5.41, 5.74) is 6.11. The highest BCUT2D eigenvalue weighted by Gasteiger charge is 2.15. The molecule has 4 nitrogen and oxygen atoms in total.